The SMILES string of the molecule is COc1cccc(C=NNC(=O)C(=O)N2CCCC2)c1. The van der Waals surface area contributed by atoms with Crippen LogP contribution in [0.25, 0.3) is 0 Å². The van der Waals surface area contributed by atoms with E-state index in [0.717, 1.165) is 18.4 Å². The Morgan fingerprint density at radius 2 is 2.10 bits per heavy atom. The number of rotatable bonds is 3. The van der Waals surface area contributed by atoms with Crippen molar-refractivity contribution in [3.05, 3.63) is 29.8 Å². The Kier molecular flexibility index (Phi) is 4.70. The minimum atomic E-state index is -0.703. The van der Waals surface area contributed by atoms with Crippen LogP contribution in [0.1, 0.15) is 18.4 Å². The maximum absolute atomic E-state index is 11.7. The zero-order valence-corrected chi connectivity index (χ0v) is 11.3. The lowest BCUT2D eigenvalue weighted by molar-refractivity contribution is -0.145. The molecule has 1 aromatic carbocycles. The number of hydrogen-bond acceptors (Lipinski definition) is 4. The van der Waals surface area contributed by atoms with Gasteiger partial charge in [0.25, 0.3) is 0 Å². The van der Waals surface area contributed by atoms with Gasteiger partial charge >= 0.3 is 11.8 Å². The van der Waals surface area contributed by atoms with Crippen molar-refractivity contribution in [2.24, 2.45) is 5.10 Å². The Bertz CT molecular complexity index is 522. The predicted molar refractivity (Wildman–Crippen MR) is 74.5 cm³/mol. The summed E-state index contributed by atoms with van der Waals surface area (Å²) in [7, 11) is 1.58. The van der Waals surface area contributed by atoms with Crippen molar-refractivity contribution in [2.75, 3.05) is 20.2 Å². The smallest absolute Gasteiger partial charge is 0.329 e. The minimum absolute atomic E-state index is 0.523. The van der Waals surface area contributed by atoms with Gasteiger partial charge in [-0.2, -0.15) is 5.10 Å². The maximum Gasteiger partial charge on any atom is 0.329 e. The van der Waals surface area contributed by atoms with Gasteiger partial charge in [-0.05, 0) is 30.5 Å². The fourth-order valence-electron chi connectivity index (χ4n) is 2.00. The summed E-state index contributed by atoms with van der Waals surface area (Å²) in [5.74, 6) is -0.523. The molecule has 2 rings (SSSR count). The molecule has 1 aromatic rings. The molecule has 2 amide bonds. The van der Waals surface area contributed by atoms with Crippen LogP contribution in [0.5, 0.6) is 5.75 Å². The number of ether oxygens (including phenoxy) is 1. The van der Waals surface area contributed by atoms with E-state index in [1.165, 1.54) is 11.1 Å². The number of nitrogens with zero attached hydrogens (tertiary/aromatic N) is 2. The van der Waals surface area contributed by atoms with Gasteiger partial charge in [0.2, 0.25) is 0 Å². The summed E-state index contributed by atoms with van der Waals surface area (Å²) in [5, 5.41) is 3.78. The molecule has 1 aliphatic heterocycles. The highest BCUT2D eigenvalue weighted by Gasteiger charge is 2.23. The molecular formula is C14H17N3O3. The third kappa shape index (κ3) is 3.57. The van der Waals surface area contributed by atoms with Crippen molar-refractivity contribution in [3.63, 3.8) is 0 Å². The van der Waals surface area contributed by atoms with Gasteiger partial charge in [0.05, 0.1) is 13.3 Å². The van der Waals surface area contributed by atoms with E-state index in [1.807, 2.05) is 18.2 Å². The highest BCUT2D eigenvalue weighted by atomic mass is 16.5. The highest BCUT2D eigenvalue weighted by Crippen LogP contribution is 2.10. The summed E-state index contributed by atoms with van der Waals surface area (Å²) in [6.07, 6.45) is 3.37. The highest BCUT2D eigenvalue weighted by molar-refractivity contribution is 6.35. The topological polar surface area (TPSA) is 71.0 Å². The van der Waals surface area contributed by atoms with Crippen molar-refractivity contribution in [2.45, 2.75) is 12.8 Å². The molecule has 0 radical (unpaired) electrons. The van der Waals surface area contributed by atoms with Crippen molar-refractivity contribution in [1.29, 1.82) is 0 Å². The first kappa shape index (κ1) is 14.0. The molecule has 20 heavy (non-hydrogen) atoms. The number of hydrazone groups is 1. The summed E-state index contributed by atoms with van der Waals surface area (Å²) >= 11 is 0. The van der Waals surface area contributed by atoms with Gasteiger partial charge in [-0.3, -0.25) is 9.59 Å². The average molecular weight is 275 g/mol. The second-order valence-electron chi connectivity index (χ2n) is 4.48. The molecule has 6 nitrogen and oxygen atoms in total. The number of carbonyl (C=O) groups is 2. The monoisotopic (exact) mass is 275 g/mol. The van der Waals surface area contributed by atoms with Crippen LogP contribution in [0.15, 0.2) is 29.4 Å². The number of benzene rings is 1. The Balaban J connectivity index is 1.88. The molecule has 6 heteroatoms. The van der Waals surface area contributed by atoms with Crippen LogP contribution in [0.3, 0.4) is 0 Å². The average Bonchev–Trinajstić information content (AvgIpc) is 3.00. The van der Waals surface area contributed by atoms with Crippen LogP contribution < -0.4 is 10.2 Å². The molecule has 0 unspecified atom stereocenters. The first-order valence-electron chi connectivity index (χ1n) is 6.47. The van der Waals surface area contributed by atoms with Crippen LogP contribution in [-0.4, -0.2) is 43.1 Å². The lowest BCUT2D eigenvalue weighted by atomic mass is 10.2. The fraction of sp³-hybridized carbons (Fsp3) is 0.357. The maximum atomic E-state index is 11.7. The van der Waals surface area contributed by atoms with Gasteiger partial charge < -0.3 is 9.64 Å². The van der Waals surface area contributed by atoms with Crippen LogP contribution in [-0.2, 0) is 9.59 Å². The lowest BCUT2D eigenvalue weighted by Crippen LogP contribution is -2.39. The van der Waals surface area contributed by atoms with Gasteiger partial charge in [0.15, 0.2) is 0 Å². The molecule has 0 bridgehead atoms. The zero-order valence-electron chi connectivity index (χ0n) is 11.3. The quantitative estimate of drug-likeness (QED) is 0.503. The second-order valence-corrected chi connectivity index (χ2v) is 4.48. The summed E-state index contributed by atoms with van der Waals surface area (Å²) < 4.78 is 5.08. The van der Waals surface area contributed by atoms with Crippen LogP contribution in [0, 0.1) is 0 Å². The van der Waals surface area contributed by atoms with Crippen LogP contribution in [0.2, 0.25) is 0 Å². The molecule has 0 aromatic heterocycles. The largest absolute Gasteiger partial charge is 0.497 e. The van der Waals surface area contributed by atoms with E-state index in [4.69, 9.17) is 4.74 Å². The molecule has 0 aliphatic carbocycles. The third-order valence-electron chi connectivity index (χ3n) is 3.06. The molecular weight excluding hydrogens is 258 g/mol. The van der Waals surface area contributed by atoms with E-state index in [9.17, 15) is 9.59 Å². The molecule has 1 saturated heterocycles. The van der Waals surface area contributed by atoms with E-state index in [1.54, 1.807) is 13.2 Å². The van der Waals surface area contributed by atoms with E-state index >= 15 is 0 Å². The molecule has 0 spiro atoms. The van der Waals surface area contributed by atoms with E-state index in [2.05, 4.69) is 10.5 Å². The van der Waals surface area contributed by atoms with Gasteiger partial charge in [0.1, 0.15) is 5.75 Å². The predicted octanol–water partition coefficient (Wildman–Crippen LogP) is 0.768. The van der Waals surface area contributed by atoms with E-state index in [0.29, 0.717) is 18.8 Å². The summed E-state index contributed by atoms with van der Waals surface area (Å²) in [6, 6.07) is 7.22. The molecule has 1 aliphatic rings. The second kappa shape index (κ2) is 6.70. The Hall–Kier alpha value is -2.37. The molecule has 1 N–H and O–H groups in total. The third-order valence-corrected chi connectivity index (χ3v) is 3.06. The first-order chi connectivity index (χ1) is 9.70. The van der Waals surface area contributed by atoms with Gasteiger partial charge in [-0.25, -0.2) is 5.43 Å². The summed E-state index contributed by atoms with van der Waals surface area (Å²) in [6.45, 7) is 1.29. The minimum Gasteiger partial charge on any atom is -0.497 e. The van der Waals surface area contributed by atoms with E-state index < -0.39 is 11.8 Å². The van der Waals surface area contributed by atoms with Crippen molar-refractivity contribution in [1.82, 2.24) is 10.3 Å². The lowest BCUT2D eigenvalue weighted by Gasteiger charge is -2.12. The van der Waals surface area contributed by atoms with Gasteiger partial charge in [-0.15, -0.1) is 0 Å². The number of nitrogens with one attached hydrogen (secondary N) is 1. The fourth-order valence-corrected chi connectivity index (χ4v) is 2.00. The Morgan fingerprint density at radius 3 is 2.80 bits per heavy atom. The van der Waals surface area contributed by atoms with Crippen molar-refractivity contribution in [3.8, 4) is 5.75 Å². The molecule has 1 heterocycles. The van der Waals surface area contributed by atoms with E-state index in [-0.39, 0.29) is 0 Å². The number of amides is 2. The molecule has 1 fully saturated rings. The molecule has 0 atom stereocenters. The summed E-state index contributed by atoms with van der Waals surface area (Å²) in [4.78, 5) is 24.8. The van der Waals surface area contributed by atoms with Crippen LogP contribution in [0.4, 0.5) is 0 Å². The van der Waals surface area contributed by atoms with Gasteiger partial charge in [-0.1, -0.05) is 12.1 Å². The van der Waals surface area contributed by atoms with Crippen molar-refractivity contribution >= 4 is 18.0 Å². The first-order valence-corrected chi connectivity index (χ1v) is 6.47. The van der Waals surface area contributed by atoms with Gasteiger partial charge in [0, 0.05) is 13.1 Å². The molecule has 106 valence electrons. The Morgan fingerprint density at radius 1 is 1.35 bits per heavy atom. The standard InChI is InChI=1S/C14H17N3O3/c1-20-12-6-4-5-11(9-12)10-15-16-13(18)14(19)17-7-2-3-8-17/h4-6,9-10H,2-3,7-8H2,1H3,(H,16,18). The zero-order chi connectivity index (χ0) is 14.4. The number of methoxy groups -OCH3 is 1. The van der Waals surface area contributed by atoms with Crippen LogP contribution >= 0.6 is 0 Å². The molecule has 0 saturated carbocycles. The number of likely N-dealkylation sites (tertiary alicyclic amines) is 1. The van der Waals surface area contributed by atoms with Crippen molar-refractivity contribution < 1.29 is 14.3 Å². The normalized spacial score (nSPS) is 14.6. The number of carbonyl (C=O) groups excluding carboxylic acids is 2. The number of hydrogen-bond donors (Lipinski definition) is 1. The summed E-state index contributed by atoms with van der Waals surface area (Å²) in [5.41, 5.74) is 3.02. The Labute approximate surface area is 117 Å².